The van der Waals surface area contributed by atoms with Gasteiger partial charge in [0, 0.05) is 26.1 Å². The molecule has 0 aromatic heterocycles. The third-order valence-electron chi connectivity index (χ3n) is 3.01. The first-order valence-corrected chi connectivity index (χ1v) is 6.08. The van der Waals surface area contributed by atoms with Gasteiger partial charge in [-0.3, -0.25) is 4.79 Å². The van der Waals surface area contributed by atoms with Gasteiger partial charge in [0.15, 0.2) is 0 Å². The number of hydrogen-bond acceptors (Lipinski definition) is 3. The smallest absolute Gasteiger partial charge is 0.221 e. The molecule has 0 aliphatic heterocycles. The maximum atomic E-state index is 11.2. The van der Waals surface area contributed by atoms with Crippen molar-refractivity contribution >= 4 is 5.91 Å². The monoisotopic (exact) mass is 225 g/mol. The van der Waals surface area contributed by atoms with Gasteiger partial charge in [0.1, 0.15) is 0 Å². The predicted molar refractivity (Wildman–Crippen MR) is 66.1 cm³/mol. The number of carbonyl (C=O) groups excluding carboxylic acids is 1. The summed E-state index contributed by atoms with van der Waals surface area (Å²) in [7, 11) is 1.65. The highest BCUT2D eigenvalue weighted by atomic mass is 16.1. The van der Waals surface area contributed by atoms with E-state index in [2.05, 4.69) is 16.7 Å². The summed E-state index contributed by atoms with van der Waals surface area (Å²) in [6.45, 7) is 1.43. The largest absolute Gasteiger partial charge is 0.359 e. The molecule has 0 aromatic rings. The number of rotatable bonds is 7. The molecule has 1 rings (SSSR count). The average molecular weight is 225 g/mol. The molecule has 16 heavy (non-hydrogen) atoms. The van der Waals surface area contributed by atoms with Gasteiger partial charge < -0.3 is 16.4 Å². The van der Waals surface area contributed by atoms with Crippen molar-refractivity contribution < 1.29 is 4.79 Å². The van der Waals surface area contributed by atoms with E-state index in [9.17, 15) is 4.79 Å². The number of nitrogens with one attached hydrogen (secondary N) is 2. The fourth-order valence-corrected chi connectivity index (χ4v) is 1.97. The molecule has 1 aliphatic carbocycles. The van der Waals surface area contributed by atoms with Gasteiger partial charge in [0.2, 0.25) is 5.91 Å². The molecule has 0 fully saturated rings. The fraction of sp³-hybridized carbons (Fsp3) is 0.750. The molecule has 0 spiro atoms. The average Bonchev–Trinajstić information content (AvgIpc) is 2.80. The van der Waals surface area contributed by atoms with Crippen LogP contribution in [0, 0.1) is 0 Å². The Kier molecular flexibility index (Phi) is 6.11. The van der Waals surface area contributed by atoms with E-state index >= 15 is 0 Å². The Morgan fingerprint density at radius 2 is 2.44 bits per heavy atom. The van der Waals surface area contributed by atoms with Gasteiger partial charge in [-0.25, -0.2) is 0 Å². The third kappa shape index (κ3) is 4.77. The number of carbonyl (C=O) groups is 1. The van der Waals surface area contributed by atoms with E-state index in [0.717, 1.165) is 13.0 Å². The van der Waals surface area contributed by atoms with Crippen LogP contribution in [0.2, 0.25) is 0 Å². The lowest BCUT2D eigenvalue weighted by atomic mass is 10.1. The Morgan fingerprint density at radius 3 is 3.00 bits per heavy atom. The van der Waals surface area contributed by atoms with E-state index in [1.807, 2.05) is 0 Å². The van der Waals surface area contributed by atoms with Gasteiger partial charge in [0.25, 0.3) is 0 Å². The van der Waals surface area contributed by atoms with Crippen LogP contribution < -0.4 is 16.4 Å². The first kappa shape index (κ1) is 13.2. The van der Waals surface area contributed by atoms with E-state index in [4.69, 9.17) is 5.73 Å². The van der Waals surface area contributed by atoms with E-state index < -0.39 is 0 Å². The quantitative estimate of drug-likeness (QED) is 0.554. The molecule has 1 aliphatic rings. The van der Waals surface area contributed by atoms with Crippen LogP contribution in [0.15, 0.2) is 11.6 Å². The van der Waals surface area contributed by atoms with Crippen LogP contribution in [-0.4, -0.2) is 32.1 Å². The predicted octanol–water partition coefficient (Wildman–Crippen LogP) is 0.540. The number of allylic oxidation sites excluding steroid dienone is 1. The summed E-state index contributed by atoms with van der Waals surface area (Å²) in [6, 6.07) is 0.0990. The molecule has 0 saturated carbocycles. The van der Waals surface area contributed by atoms with E-state index in [1.165, 1.54) is 19.3 Å². The number of amides is 1. The van der Waals surface area contributed by atoms with Crippen LogP contribution in [0.4, 0.5) is 0 Å². The van der Waals surface area contributed by atoms with Crippen molar-refractivity contribution in [3.05, 3.63) is 11.6 Å². The summed E-state index contributed by atoms with van der Waals surface area (Å²) in [5.74, 6) is 0.0445. The zero-order valence-electron chi connectivity index (χ0n) is 10.1. The van der Waals surface area contributed by atoms with E-state index in [-0.39, 0.29) is 11.9 Å². The van der Waals surface area contributed by atoms with Crippen molar-refractivity contribution in [2.24, 2.45) is 5.73 Å². The van der Waals surface area contributed by atoms with Crippen LogP contribution in [-0.2, 0) is 4.79 Å². The molecular weight excluding hydrogens is 202 g/mol. The Hall–Kier alpha value is -0.870. The molecule has 0 bridgehead atoms. The summed E-state index contributed by atoms with van der Waals surface area (Å²) in [4.78, 5) is 11.2. The highest BCUT2D eigenvalue weighted by molar-refractivity contribution is 5.76. The molecule has 4 N–H and O–H groups in total. The normalized spacial score (nSPS) is 17.0. The van der Waals surface area contributed by atoms with E-state index in [1.54, 1.807) is 12.6 Å². The molecule has 4 nitrogen and oxygen atoms in total. The molecule has 0 saturated heterocycles. The standard InChI is InChI=1S/C12H23N3O/c1-14-12(16)8-11(9-13)15-7-6-10-4-2-3-5-10/h4,11,15H,2-3,5-9,13H2,1H3,(H,14,16). The van der Waals surface area contributed by atoms with Gasteiger partial charge in [-0.1, -0.05) is 11.6 Å². The van der Waals surface area contributed by atoms with Gasteiger partial charge in [0.05, 0.1) is 0 Å². The van der Waals surface area contributed by atoms with Crippen molar-refractivity contribution in [3.63, 3.8) is 0 Å². The van der Waals surface area contributed by atoms with Crippen molar-refractivity contribution in [2.45, 2.75) is 38.1 Å². The first-order valence-electron chi connectivity index (χ1n) is 6.08. The molecule has 92 valence electrons. The molecule has 0 aromatic carbocycles. The van der Waals surface area contributed by atoms with Crippen molar-refractivity contribution in [2.75, 3.05) is 20.1 Å². The Morgan fingerprint density at radius 1 is 1.62 bits per heavy atom. The highest BCUT2D eigenvalue weighted by Crippen LogP contribution is 2.19. The molecule has 4 heteroatoms. The third-order valence-corrected chi connectivity index (χ3v) is 3.01. The topological polar surface area (TPSA) is 67.2 Å². The first-order chi connectivity index (χ1) is 7.76. The molecular formula is C12H23N3O. The summed E-state index contributed by atoms with van der Waals surface area (Å²) < 4.78 is 0. The van der Waals surface area contributed by atoms with Crippen LogP contribution in [0.25, 0.3) is 0 Å². The van der Waals surface area contributed by atoms with E-state index in [0.29, 0.717) is 13.0 Å². The molecule has 1 unspecified atom stereocenters. The van der Waals surface area contributed by atoms with Crippen molar-refractivity contribution in [1.29, 1.82) is 0 Å². The van der Waals surface area contributed by atoms with Gasteiger partial charge in [-0.2, -0.15) is 0 Å². The van der Waals surface area contributed by atoms with Gasteiger partial charge in [-0.15, -0.1) is 0 Å². The second-order valence-electron chi connectivity index (χ2n) is 4.27. The minimum absolute atomic E-state index is 0.0445. The highest BCUT2D eigenvalue weighted by Gasteiger charge is 2.11. The van der Waals surface area contributed by atoms with Crippen LogP contribution in [0.1, 0.15) is 32.1 Å². The van der Waals surface area contributed by atoms with Crippen molar-refractivity contribution in [3.8, 4) is 0 Å². The summed E-state index contributed by atoms with van der Waals surface area (Å²) >= 11 is 0. The maximum absolute atomic E-state index is 11.2. The van der Waals surface area contributed by atoms with Gasteiger partial charge in [-0.05, 0) is 32.2 Å². The van der Waals surface area contributed by atoms with Gasteiger partial charge >= 0.3 is 0 Å². The lowest BCUT2D eigenvalue weighted by Crippen LogP contribution is -2.40. The summed E-state index contributed by atoms with van der Waals surface area (Å²) in [5, 5.41) is 5.95. The van der Waals surface area contributed by atoms with Crippen molar-refractivity contribution in [1.82, 2.24) is 10.6 Å². The molecule has 1 atom stereocenters. The second-order valence-corrected chi connectivity index (χ2v) is 4.27. The minimum atomic E-state index is 0.0445. The van der Waals surface area contributed by atoms with Crippen LogP contribution >= 0.6 is 0 Å². The molecule has 0 radical (unpaired) electrons. The Bertz CT molecular complexity index is 251. The lowest BCUT2D eigenvalue weighted by molar-refractivity contribution is -0.121. The number of nitrogens with two attached hydrogens (primary N) is 1. The Balaban J connectivity index is 2.15. The fourth-order valence-electron chi connectivity index (χ4n) is 1.97. The Labute approximate surface area is 97.7 Å². The lowest BCUT2D eigenvalue weighted by Gasteiger charge is -2.16. The number of hydrogen-bond donors (Lipinski definition) is 3. The van der Waals surface area contributed by atoms with Crippen LogP contribution in [0.3, 0.4) is 0 Å². The maximum Gasteiger partial charge on any atom is 0.221 e. The minimum Gasteiger partial charge on any atom is -0.359 e. The molecule has 0 heterocycles. The second kappa shape index (κ2) is 7.41. The summed E-state index contributed by atoms with van der Waals surface area (Å²) in [6.07, 6.45) is 7.65. The summed E-state index contributed by atoms with van der Waals surface area (Å²) in [5.41, 5.74) is 7.16. The SMILES string of the molecule is CNC(=O)CC(CN)NCCC1=CCCC1. The zero-order valence-corrected chi connectivity index (χ0v) is 10.1. The molecule has 1 amide bonds. The van der Waals surface area contributed by atoms with Crippen LogP contribution in [0.5, 0.6) is 0 Å². The zero-order chi connectivity index (χ0) is 11.8.